The normalized spacial score (nSPS) is 35.5. The van der Waals surface area contributed by atoms with Gasteiger partial charge in [-0.25, -0.2) is 0 Å². The fraction of sp³-hybridized carbons (Fsp3) is 1.00. The van der Waals surface area contributed by atoms with Crippen LogP contribution in [0.15, 0.2) is 0 Å². The van der Waals surface area contributed by atoms with Crippen molar-refractivity contribution in [2.75, 3.05) is 13.1 Å². The third-order valence-electron chi connectivity index (χ3n) is 5.05. The van der Waals surface area contributed by atoms with Crippen LogP contribution in [0, 0.1) is 5.92 Å². The number of nitrogens with zero attached hydrogens (tertiary/aromatic N) is 1. The molecule has 2 nitrogen and oxygen atoms in total. The minimum atomic E-state index is 0.341. The second kappa shape index (κ2) is 5.27. The van der Waals surface area contributed by atoms with Crippen LogP contribution in [-0.2, 0) is 0 Å². The highest BCUT2D eigenvalue weighted by atomic mass is 15.3. The van der Waals surface area contributed by atoms with E-state index < -0.39 is 0 Å². The zero-order valence-electron chi connectivity index (χ0n) is 12.1. The van der Waals surface area contributed by atoms with Crippen LogP contribution in [0.25, 0.3) is 0 Å². The fourth-order valence-corrected chi connectivity index (χ4v) is 3.36. The largest absolute Gasteiger partial charge is 0.309 e. The average molecular weight is 238 g/mol. The summed E-state index contributed by atoms with van der Waals surface area (Å²) < 4.78 is 0. The first-order valence-corrected chi connectivity index (χ1v) is 7.64. The maximum Gasteiger partial charge on any atom is 0.0278 e. The maximum atomic E-state index is 3.81. The van der Waals surface area contributed by atoms with Crippen molar-refractivity contribution < 1.29 is 0 Å². The molecule has 1 saturated carbocycles. The molecule has 2 fully saturated rings. The lowest BCUT2D eigenvalue weighted by atomic mass is 9.90. The van der Waals surface area contributed by atoms with E-state index in [4.69, 9.17) is 0 Å². The molecule has 2 heteroatoms. The topological polar surface area (TPSA) is 15.3 Å². The van der Waals surface area contributed by atoms with Crippen molar-refractivity contribution in [3.8, 4) is 0 Å². The summed E-state index contributed by atoms with van der Waals surface area (Å²) in [5.74, 6) is 0.990. The summed E-state index contributed by atoms with van der Waals surface area (Å²) in [6.45, 7) is 11.9. The Labute approximate surface area is 107 Å². The van der Waals surface area contributed by atoms with E-state index in [1.807, 2.05) is 0 Å². The minimum Gasteiger partial charge on any atom is -0.309 e. The molecule has 2 atom stereocenters. The van der Waals surface area contributed by atoms with Gasteiger partial charge in [-0.05, 0) is 44.9 Å². The highest BCUT2D eigenvalue weighted by Gasteiger charge is 2.43. The molecule has 0 amide bonds. The second-order valence-corrected chi connectivity index (χ2v) is 6.34. The number of rotatable bonds is 5. The molecule has 0 aromatic rings. The summed E-state index contributed by atoms with van der Waals surface area (Å²) in [6, 6.07) is 1.62. The van der Waals surface area contributed by atoms with Gasteiger partial charge < -0.3 is 5.32 Å². The zero-order valence-corrected chi connectivity index (χ0v) is 12.1. The number of nitrogens with one attached hydrogen (secondary N) is 1. The van der Waals surface area contributed by atoms with Gasteiger partial charge in [-0.3, -0.25) is 4.90 Å². The molecular formula is C15H30N2. The predicted octanol–water partition coefficient (Wildman–Crippen LogP) is 3.03. The first-order valence-electron chi connectivity index (χ1n) is 7.64. The van der Waals surface area contributed by atoms with Crippen molar-refractivity contribution in [3.05, 3.63) is 0 Å². The van der Waals surface area contributed by atoms with E-state index in [0.717, 1.165) is 18.0 Å². The van der Waals surface area contributed by atoms with Crippen LogP contribution in [0.3, 0.4) is 0 Å². The molecule has 0 aromatic heterocycles. The summed E-state index contributed by atoms with van der Waals surface area (Å²) in [5.41, 5.74) is 0.341. The van der Waals surface area contributed by atoms with Crippen molar-refractivity contribution in [1.82, 2.24) is 10.2 Å². The van der Waals surface area contributed by atoms with Crippen molar-refractivity contribution in [3.63, 3.8) is 0 Å². The minimum absolute atomic E-state index is 0.341. The Balaban J connectivity index is 2.08. The van der Waals surface area contributed by atoms with Crippen LogP contribution in [0.1, 0.15) is 59.8 Å². The molecule has 0 aromatic carbocycles. The molecule has 2 aliphatic rings. The summed E-state index contributed by atoms with van der Waals surface area (Å²) in [5, 5.41) is 3.81. The predicted molar refractivity (Wildman–Crippen MR) is 74.3 cm³/mol. The Morgan fingerprint density at radius 1 is 1.24 bits per heavy atom. The molecule has 1 N–H and O–H groups in total. The van der Waals surface area contributed by atoms with Gasteiger partial charge in [0.15, 0.2) is 0 Å². The van der Waals surface area contributed by atoms with Crippen molar-refractivity contribution in [2.45, 2.75) is 77.4 Å². The first kappa shape index (κ1) is 13.4. The molecule has 0 radical (unpaired) electrons. The SMILES string of the molecule is CCC(CC)N1CC(C)(CC)NCC1C1CC1. The number of piperazine rings is 1. The van der Waals surface area contributed by atoms with Gasteiger partial charge in [-0.15, -0.1) is 0 Å². The molecule has 1 aliphatic carbocycles. The lowest BCUT2D eigenvalue weighted by Gasteiger charge is -2.49. The van der Waals surface area contributed by atoms with Crippen LogP contribution in [0.4, 0.5) is 0 Å². The lowest BCUT2D eigenvalue weighted by molar-refractivity contribution is 0.0322. The highest BCUT2D eigenvalue weighted by Crippen LogP contribution is 2.39. The summed E-state index contributed by atoms with van der Waals surface area (Å²) >= 11 is 0. The quantitative estimate of drug-likeness (QED) is 0.792. The van der Waals surface area contributed by atoms with Crippen LogP contribution >= 0.6 is 0 Å². The average Bonchev–Trinajstić information content (AvgIpc) is 3.15. The van der Waals surface area contributed by atoms with Gasteiger partial charge in [0.2, 0.25) is 0 Å². The fourth-order valence-electron chi connectivity index (χ4n) is 3.36. The first-order chi connectivity index (χ1) is 8.13. The molecule has 1 aliphatic heterocycles. The number of hydrogen-bond acceptors (Lipinski definition) is 2. The smallest absolute Gasteiger partial charge is 0.0278 e. The van der Waals surface area contributed by atoms with Gasteiger partial charge in [-0.1, -0.05) is 20.8 Å². The molecule has 17 heavy (non-hydrogen) atoms. The van der Waals surface area contributed by atoms with Crippen LogP contribution < -0.4 is 5.32 Å². The van der Waals surface area contributed by atoms with E-state index in [1.165, 1.54) is 45.2 Å². The highest BCUT2D eigenvalue weighted by molar-refractivity contribution is 5.01. The summed E-state index contributed by atoms with van der Waals surface area (Å²) in [4.78, 5) is 2.84. The van der Waals surface area contributed by atoms with E-state index >= 15 is 0 Å². The van der Waals surface area contributed by atoms with Gasteiger partial charge in [0.25, 0.3) is 0 Å². The standard InChI is InChI=1S/C15H30N2/c1-5-13(6-2)17-11-15(4,7-3)16-10-14(17)12-8-9-12/h12-14,16H,5-11H2,1-4H3. The third-order valence-corrected chi connectivity index (χ3v) is 5.05. The van der Waals surface area contributed by atoms with Gasteiger partial charge in [0, 0.05) is 30.7 Å². The Kier molecular flexibility index (Phi) is 4.14. The summed E-state index contributed by atoms with van der Waals surface area (Å²) in [7, 11) is 0. The van der Waals surface area contributed by atoms with E-state index in [9.17, 15) is 0 Å². The Hall–Kier alpha value is -0.0800. The van der Waals surface area contributed by atoms with Crippen LogP contribution in [0.5, 0.6) is 0 Å². The van der Waals surface area contributed by atoms with Crippen LogP contribution in [-0.4, -0.2) is 35.6 Å². The van der Waals surface area contributed by atoms with E-state index in [-0.39, 0.29) is 0 Å². The zero-order chi connectivity index (χ0) is 12.5. The maximum absolute atomic E-state index is 3.81. The molecule has 100 valence electrons. The van der Waals surface area contributed by atoms with Crippen molar-refractivity contribution in [1.29, 1.82) is 0 Å². The number of hydrogen-bond donors (Lipinski definition) is 1. The Morgan fingerprint density at radius 3 is 2.35 bits per heavy atom. The van der Waals surface area contributed by atoms with Gasteiger partial charge in [0.1, 0.15) is 0 Å². The van der Waals surface area contributed by atoms with E-state index in [1.54, 1.807) is 0 Å². The Morgan fingerprint density at radius 2 is 1.88 bits per heavy atom. The Bertz CT molecular complexity index is 245. The van der Waals surface area contributed by atoms with Crippen molar-refractivity contribution >= 4 is 0 Å². The molecule has 2 unspecified atom stereocenters. The van der Waals surface area contributed by atoms with Crippen molar-refractivity contribution in [2.24, 2.45) is 5.92 Å². The molecular weight excluding hydrogens is 208 g/mol. The van der Waals surface area contributed by atoms with Gasteiger partial charge in [-0.2, -0.15) is 0 Å². The lowest BCUT2D eigenvalue weighted by Crippen LogP contribution is -2.65. The third kappa shape index (κ3) is 2.85. The van der Waals surface area contributed by atoms with Gasteiger partial charge >= 0.3 is 0 Å². The van der Waals surface area contributed by atoms with Crippen LogP contribution in [0.2, 0.25) is 0 Å². The second-order valence-electron chi connectivity index (χ2n) is 6.34. The molecule has 1 saturated heterocycles. The molecule has 0 bridgehead atoms. The molecule has 0 spiro atoms. The molecule has 1 heterocycles. The van der Waals surface area contributed by atoms with E-state index in [0.29, 0.717) is 5.54 Å². The molecule has 2 rings (SSSR count). The monoisotopic (exact) mass is 238 g/mol. The van der Waals surface area contributed by atoms with E-state index in [2.05, 4.69) is 37.9 Å². The van der Waals surface area contributed by atoms with Gasteiger partial charge in [0.05, 0.1) is 0 Å². The summed E-state index contributed by atoms with van der Waals surface area (Å²) in [6.07, 6.45) is 6.78.